The molecule has 112 valence electrons. The number of nitrogens with zero attached hydrogens (tertiary/aromatic N) is 1. The molecule has 1 aliphatic heterocycles. The molecule has 1 aromatic carbocycles. The highest BCUT2D eigenvalue weighted by atomic mass is 35.5. The molecular formula is C15H23ClN2O2. The summed E-state index contributed by atoms with van der Waals surface area (Å²) in [5.74, 6) is 0.809. The molecule has 0 saturated carbocycles. The Labute approximate surface area is 126 Å². The summed E-state index contributed by atoms with van der Waals surface area (Å²) >= 11 is 6.24. The molecule has 0 spiro atoms. The number of nitrogens with one attached hydrogen (secondary N) is 1. The molecule has 0 atom stereocenters. The molecule has 1 aliphatic rings. The molecule has 0 radical (unpaired) electrons. The Kier molecular flexibility index (Phi) is 6.60. The zero-order valence-corrected chi connectivity index (χ0v) is 12.8. The van der Waals surface area contributed by atoms with Crippen LogP contribution >= 0.6 is 11.6 Å². The van der Waals surface area contributed by atoms with Gasteiger partial charge in [0.05, 0.1) is 18.2 Å². The average molecular weight is 299 g/mol. The van der Waals surface area contributed by atoms with E-state index in [1.54, 1.807) is 0 Å². The Morgan fingerprint density at radius 3 is 2.90 bits per heavy atom. The summed E-state index contributed by atoms with van der Waals surface area (Å²) in [6.07, 6.45) is 0. The van der Waals surface area contributed by atoms with Gasteiger partial charge in [-0.3, -0.25) is 4.90 Å². The van der Waals surface area contributed by atoms with Crippen LogP contribution in [0.3, 0.4) is 0 Å². The van der Waals surface area contributed by atoms with Gasteiger partial charge in [0.2, 0.25) is 0 Å². The second-order valence-electron chi connectivity index (χ2n) is 4.81. The predicted molar refractivity (Wildman–Crippen MR) is 81.6 cm³/mol. The minimum atomic E-state index is 0.656. The van der Waals surface area contributed by atoms with Gasteiger partial charge in [-0.1, -0.05) is 30.7 Å². The van der Waals surface area contributed by atoms with Gasteiger partial charge in [0.25, 0.3) is 0 Å². The highest BCUT2D eigenvalue weighted by Crippen LogP contribution is 2.28. The second kappa shape index (κ2) is 8.47. The largest absolute Gasteiger partial charge is 0.490 e. The first-order chi connectivity index (χ1) is 9.81. The summed E-state index contributed by atoms with van der Waals surface area (Å²) in [7, 11) is 0. The third kappa shape index (κ3) is 4.63. The fourth-order valence-electron chi connectivity index (χ4n) is 2.22. The van der Waals surface area contributed by atoms with Crippen molar-refractivity contribution in [3.8, 4) is 5.75 Å². The van der Waals surface area contributed by atoms with E-state index in [2.05, 4.69) is 23.2 Å². The molecule has 1 saturated heterocycles. The van der Waals surface area contributed by atoms with Crippen molar-refractivity contribution in [1.82, 2.24) is 10.2 Å². The van der Waals surface area contributed by atoms with Crippen molar-refractivity contribution in [2.45, 2.75) is 13.5 Å². The maximum Gasteiger partial charge on any atom is 0.142 e. The number of hydrogen-bond donors (Lipinski definition) is 1. The fourth-order valence-corrected chi connectivity index (χ4v) is 2.46. The maximum atomic E-state index is 6.24. The Hall–Kier alpha value is -0.810. The number of hydrogen-bond acceptors (Lipinski definition) is 4. The molecule has 20 heavy (non-hydrogen) atoms. The van der Waals surface area contributed by atoms with Crippen molar-refractivity contribution in [3.63, 3.8) is 0 Å². The smallest absolute Gasteiger partial charge is 0.142 e. The normalized spacial score (nSPS) is 16.3. The first-order valence-corrected chi connectivity index (χ1v) is 7.60. The van der Waals surface area contributed by atoms with Crippen LogP contribution in [0.4, 0.5) is 0 Å². The summed E-state index contributed by atoms with van der Waals surface area (Å²) < 4.78 is 11.2. The Balaban J connectivity index is 1.87. The Morgan fingerprint density at radius 1 is 1.35 bits per heavy atom. The molecule has 0 bridgehead atoms. The summed E-state index contributed by atoms with van der Waals surface area (Å²) in [5.41, 5.74) is 1.11. The lowest BCUT2D eigenvalue weighted by Gasteiger charge is -2.26. The van der Waals surface area contributed by atoms with Crippen molar-refractivity contribution in [3.05, 3.63) is 28.8 Å². The minimum Gasteiger partial charge on any atom is -0.490 e. The summed E-state index contributed by atoms with van der Waals surface area (Å²) in [5, 5.41) is 3.99. The molecule has 0 aromatic heterocycles. The van der Waals surface area contributed by atoms with Crippen LogP contribution < -0.4 is 10.1 Å². The van der Waals surface area contributed by atoms with Crippen LogP contribution in [0.15, 0.2) is 18.2 Å². The van der Waals surface area contributed by atoms with Gasteiger partial charge in [0.1, 0.15) is 12.4 Å². The lowest BCUT2D eigenvalue weighted by atomic mass is 10.2. The number of rotatable bonds is 7. The van der Waals surface area contributed by atoms with Crippen molar-refractivity contribution < 1.29 is 9.47 Å². The quantitative estimate of drug-likeness (QED) is 0.836. The second-order valence-corrected chi connectivity index (χ2v) is 5.22. The maximum absolute atomic E-state index is 6.24. The van der Waals surface area contributed by atoms with Gasteiger partial charge in [-0.05, 0) is 12.6 Å². The molecule has 2 rings (SSSR count). The van der Waals surface area contributed by atoms with E-state index in [0.717, 1.165) is 57.3 Å². The number of halogens is 1. The van der Waals surface area contributed by atoms with Gasteiger partial charge in [-0.2, -0.15) is 0 Å². The molecule has 1 fully saturated rings. The molecule has 0 amide bonds. The van der Waals surface area contributed by atoms with E-state index in [-0.39, 0.29) is 0 Å². The van der Waals surface area contributed by atoms with Crippen molar-refractivity contribution in [2.75, 3.05) is 46.0 Å². The van der Waals surface area contributed by atoms with Crippen LogP contribution in [-0.4, -0.2) is 50.9 Å². The number of para-hydroxylation sites is 1. The molecule has 1 heterocycles. The van der Waals surface area contributed by atoms with Crippen LogP contribution in [0.5, 0.6) is 5.75 Å². The number of benzene rings is 1. The lowest BCUT2D eigenvalue weighted by Crippen LogP contribution is -2.38. The van der Waals surface area contributed by atoms with Crippen LogP contribution in [0.1, 0.15) is 12.5 Å². The lowest BCUT2D eigenvalue weighted by molar-refractivity contribution is 0.0322. The summed E-state index contributed by atoms with van der Waals surface area (Å²) in [4.78, 5) is 2.35. The highest BCUT2D eigenvalue weighted by Gasteiger charge is 2.12. The zero-order valence-electron chi connectivity index (χ0n) is 12.0. The van der Waals surface area contributed by atoms with Crippen LogP contribution in [0.25, 0.3) is 0 Å². The van der Waals surface area contributed by atoms with E-state index in [4.69, 9.17) is 21.1 Å². The topological polar surface area (TPSA) is 33.7 Å². The Bertz CT molecular complexity index is 409. The third-order valence-corrected chi connectivity index (χ3v) is 3.67. The molecule has 0 aliphatic carbocycles. The van der Waals surface area contributed by atoms with E-state index >= 15 is 0 Å². The van der Waals surface area contributed by atoms with E-state index in [9.17, 15) is 0 Å². The standard InChI is InChI=1S/C15H23ClN2O2/c1-2-17-12-13-4-3-5-14(16)15(13)20-11-8-18-6-9-19-10-7-18/h3-5,17H,2,6-12H2,1H3. The van der Waals surface area contributed by atoms with E-state index in [1.165, 1.54) is 0 Å². The molecular weight excluding hydrogens is 276 g/mol. The van der Waals surface area contributed by atoms with E-state index < -0.39 is 0 Å². The Morgan fingerprint density at radius 2 is 2.15 bits per heavy atom. The molecule has 1 aromatic rings. The van der Waals surface area contributed by atoms with Crippen LogP contribution in [-0.2, 0) is 11.3 Å². The highest BCUT2D eigenvalue weighted by molar-refractivity contribution is 6.32. The van der Waals surface area contributed by atoms with Gasteiger partial charge < -0.3 is 14.8 Å². The van der Waals surface area contributed by atoms with Crippen molar-refractivity contribution >= 4 is 11.6 Å². The minimum absolute atomic E-state index is 0.656. The van der Waals surface area contributed by atoms with Crippen molar-refractivity contribution in [2.24, 2.45) is 0 Å². The van der Waals surface area contributed by atoms with Crippen molar-refractivity contribution in [1.29, 1.82) is 0 Å². The van der Waals surface area contributed by atoms with Crippen LogP contribution in [0.2, 0.25) is 5.02 Å². The van der Waals surface area contributed by atoms with E-state index in [1.807, 2.05) is 12.1 Å². The number of ether oxygens (including phenoxy) is 2. The van der Waals surface area contributed by atoms with Gasteiger partial charge in [-0.25, -0.2) is 0 Å². The molecule has 4 nitrogen and oxygen atoms in total. The van der Waals surface area contributed by atoms with Crippen LogP contribution in [0, 0.1) is 0 Å². The predicted octanol–water partition coefficient (Wildman–Crippen LogP) is 2.16. The van der Waals surface area contributed by atoms with Gasteiger partial charge in [0.15, 0.2) is 0 Å². The van der Waals surface area contributed by atoms with Gasteiger partial charge in [-0.15, -0.1) is 0 Å². The monoisotopic (exact) mass is 298 g/mol. The van der Waals surface area contributed by atoms with Gasteiger partial charge >= 0.3 is 0 Å². The molecule has 5 heteroatoms. The first kappa shape index (κ1) is 15.6. The average Bonchev–Trinajstić information content (AvgIpc) is 2.48. The molecule has 1 N–H and O–H groups in total. The SMILES string of the molecule is CCNCc1cccc(Cl)c1OCCN1CCOCC1. The first-order valence-electron chi connectivity index (χ1n) is 7.22. The summed E-state index contributed by atoms with van der Waals surface area (Å²) in [6.45, 7) is 8.97. The molecule has 0 unspecified atom stereocenters. The third-order valence-electron chi connectivity index (χ3n) is 3.37. The fraction of sp³-hybridized carbons (Fsp3) is 0.600. The number of morpholine rings is 1. The van der Waals surface area contributed by atoms with E-state index in [0.29, 0.717) is 11.6 Å². The van der Waals surface area contributed by atoms with Gasteiger partial charge in [0, 0.05) is 31.7 Å². The zero-order chi connectivity index (χ0) is 14.2. The summed E-state index contributed by atoms with van der Waals surface area (Å²) in [6, 6.07) is 5.89.